The topological polar surface area (TPSA) is 27.1 Å². The average molecular weight is 383 g/mol. The van der Waals surface area contributed by atoms with Crippen LogP contribution < -0.4 is 4.74 Å². The molecule has 0 fully saturated rings. The first-order valence-corrected chi connectivity index (χ1v) is 9.07. The van der Waals surface area contributed by atoms with Crippen LogP contribution in [0.15, 0.2) is 72.8 Å². The van der Waals surface area contributed by atoms with E-state index >= 15 is 0 Å². The van der Waals surface area contributed by atoms with Crippen LogP contribution >= 0.6 is 23.2 Å². The summed E-state index contributed by atoms with van der Waals surface area (Å²) < 4.78 is 8.00. The van der Waals surface area contributed by atoms with Crippen molar-refractivity contribution in [3.05, 3.63) is 82.8 Å². The van der Waals surface area contributed by atoms with Gasteiger partial charge >= 0.3 is 0 Å². The number of hydrogen-bond acceptors (Lipinski definition) is 2. The predicted molar refractivity (Wildman–Crippen MR) is 107 cm³/mol. The molecule has 0 aliphatic heterocycles. The molecule has 0 aliphatic rings. The monoisotopic (exact) mass is 382 g/mol. The van der Waals surface area contributed by atoms with Gasteiger partial charge in [-0.25, -0.2) is 4.98 Å². The SMILES string of the molecule is Clc1ccccc1OCCn1c(-c2ccccc2Cl)nc2ccccc21. The molecule has 0 unspecified atom stereocenters. The van der Waals surface area contributed by atoms with Crippen LogP contribution in [0, 0.1) is 0 Å². The van der Waals surface area contributed by atoms with Gasteiger partial charge < -0.3 is 9.30 Å². The summed E-state index contributed by atoms with van der Waals surface area (Å²) in [6, 6.07) is 23.3. The Balaban J connectivity index is 1.68. The highest BCUT2D eigenvalue weighted by Crippen LogP contribution is 2.30. The van der Waals surface area contributed by atoms with Crippen LogP contribution in [0.4, 0.5) is 0 Å². The van der Waals surface area contributed by atoms with E-state index in [9.17, 15) is 0 Å². The zero-order valence-corrected chi connectivity index (χ0v) is 15.4. The third-order valence-corrected chi connectivity index (χ3v) is 4.82. The summed E-state index contributed by atoms with van der Waals surface area (Å²) in [5, 5.41) is 1.28. The van der Waals surface area contributed by atoms with Gasteiger partial charge in [0.15, 0.2) is 0 Å². The number of ether oxygens (including phenoxy) is 1. The van der Waals surface area contributed by atoms with Gasteiger partial charge in [0.2, 0.25) is 0 Å². The number of halogens is 2. The van der Waals surface area contributed by atoms with E-state index < -0.39 is 0 Å². The van der Waals surface area contributed by atoms with Crippen LogP contribution in [0.5, 0.6) is 5.75 Å². The zero-order chi connectivity index (χ0) is 17.9. The van der Waals surface area contributed by atoms with Gasteiger partial charge in [0.05, 0.1) is 27.6 Å². The number of para-hydroxylation sites is 3. The summed E-state index contributed by atoms with van der Waals surface area (Å²) in [7, 11) is 0. The van der Waals surface area contributed by atoms with Crippen molar-refractivity contribution in [1.29, 1.82) is 0 Å². The third kappa shape index (κ3) is 3.28. The molecule has 4 rings (SSSR count). The quantitative estimate of drug-likeness (QED) is 0.417. The molecule has 3 aromatic carbocycles. The molecule has 4 aromatic rings. The molecule has 130 valence electrons. The molecule has 26 heavy (non-hydrogen) atoms. The first-order valence-electron chi connectivity index (χ1n) is 8.31. The van der Waals surface area contributed by atoms with E-state index in [1.54, 1.807) is 0 Å². The summed E-state index contributed by atoms with van der Waals surface area (Å²) in [5.41, 5.74) is 2.88. The number of nitrogens with zero attached hydrogens (tertiary/aromatic N) is 2. The molecule has 0 bridgehead atoms. The van der Waals surface area contributed by atoms with Crippen LogP contribution in [-0.2, 0) is 6.54 Å². The predicted octanol–water partition coefficient (Wildman–Crippen LogP) is 6.09. The van der Waals surface area contributed by atoms with E-state index in [2.05, 4.69) is 10.6 Å². The maximum Gasteiger partial charge on any atom is 0.142 e. The lowest BCUT2D eigenvalue weighted by molar-refractivity contribution is 0.301. The Labute approximate surface area is 161 Å². The van der Waals surface area contributed by atoms with Crippen molar-refractivity contribution in [1.82, 2.24) is 9.55 Å². The number of aromatic nitrogens is 2. The van der Waals surface area contributed by atoms with E-state index in [0.29, 0.717) is 28.9 Å². The number of imidazole rings is 1. The number of fused-ring (bicyclic) bond motifs is 1. The van der Waals surface area contributed by atoms with Crippen LogP contribution in [0.2, 0.25) is 10.0 Å². The Morgan fingerprint density at radius 2 is 1.50 bits per heavy atom. The van der Waals surface area contributed by atoms with Crippen molar-refractivity contribution in [2.45, 2.75) is 6.54 Å². The van der Waals surface area contributed by atoms with E-state index in [1.165, 1.54) is 0 Å². The Morgan fingerprint density at radius 1 is 0.808 bits per heavy atom. The van der Waals surface area contributed by atoms with Gasteiger partial charge in [0.25, 0.3) is 0 Å². The molecule has 1 heterocycles. The molecular formula is C21H16Cl2N2O. The van der Waals surface area contributed by atoms with E-state index in [-0.39, 0.29) is 0 Å². The highest BCUT2D eigenvalue weighted by Gasteiger charge is 2.14. The molecule has 0 spiro atoms. The highest BCUT2D eigenvalue weighted by molar-refractivity contribution is 6.33. The van der Waals surface area contributed by atoms with Crippen molar-refractivity contribution in [2.75, 3.05) is 6.61 Å². The van der Waals surface area contributed by atoms with Crippen molar-refractivity contribution in [3.8, 4) is 17.1 Å². The molecule has 3 nitrogen and oxygen atoms in total. The Bertz CT molecular complexity index is 1060. The minimum absolute atomic E-state index is 0.474. The summed E-state index contributed by atoms with van der Waals surface area (Å²) in [6.07, 6.45) is 0. The summed E-state index contributed by atoms with van der Waals surface area (Å²) in [6.45, 7) is 1.10. The molecule has 0 atom stereocenters. The Morgan fingerprint density at radius 3 is 2.31 bits per heavy atom. The fourth-order valence-electron chi connectivity index (χ4n) is 2.96. The minimum atomic E-state index is 0.474. The maximum atomic E-state index is 6.41. The van der Waals surface area contributed by atoms with Gasteiger partial charge in [-0.05, 0) is 36.4 Å². The summed E-state index contributed by atoms with van der Waals surface area (Å²) in [5.74, 6) is 1.51. The fourth-order valence-corrected chi connectivity index (χ4v) is 3.37. The van der Waals surface area contributed by atoms with Crippen LogP contribution in [0.25, 0.3) is 22.4 Å². The van der Waals surface area contributed by atoms with E-state index in [0.717, 1.165) is 22.4 Å². The second-order valence-electron chi connectivity index (χ2n) is 5.83. The summed E-state index contributed by atoms with van der Waals surface area (Å²) >= 11 is 12.6. The molecule has 0 saturated carbocycles. The van der Waals surface area contributed by atoms with Gasteiger partial charge in [-0.15, -0.1) is 0 Å². The molecule has 0 aliphatic carbocycles. The second kappa shape index (κ2) is 7.40. The molecule has 0 saturated heterocycles. The smallest absolute Gasteiger partial charge is 0.142 e. The Hall–Kier alpha value is -2.49. The number of benzene rings is 3. The largest absolute Gasteiger partial charge is 0.490 e. The van der Waals surface area contributed by atoms with Crippen LogP contribution in [-0.4, -0.2) is 16.2 Å². The average Bonchev–Trinajstić information content (AvgIpc) is 3.02. The number of hydrogen-bond donors (Lipinski definition) is 0. The lowest BCUT2D eigenvalue weighted by Crippen LogP contribution is -2.09. The van der Waals surface area contributed by atoms with E-state index in [1.807, 2.05) is 66.7 Å². The van der Waals surface area contributed by atoms with Gasteiger partial charge in [0.1, 0.15) is 18.2 Å². The van der Waals surface area contributed by atoms with Crippen molar-refractivity contribution in [2.24, 2.45) is 0 Å². The zero-order valence-electron chi connectivity index (χ0n) is 13.9. The molecule has 0 N–H and O–H groups in total. The molecule has 1 aromatic heterocycles. The molecular weight excluding hydrogens is 367 g/mol. The van der Waals surface area contributed by atoms with E-state index in [4.69, 9.17) is 32.9 Å². The minimum Gasteiger partial charge on any atom is -0.490 e. The number of rotatable bonds is 5. The third-order valence-electron chi connectivity index (χ3n) is 4.18. The van der Waals surface area contributed by atoms with Gasteiger partial charge in [-0.2, -0.15) is 0 Å². The standard InChI is InChI=1S/C21H16Cl2N2O/c22-16-8-2-1-7-15(16)21-24-18-10-4-5-11-19(18)25(21)13-14-26-20-12-6-3-9-17(20)23/h1-12H,13-14H2. The van der Waals surface area contributed by atoms with Gasteiger partial charge in [-0.3, -0.25) is 0 Å². The van der Waals surface area contributed by atoms with Crippen molar-refractivity contribution < 1.29 is 4.74 Å². The fraction of sp³-hybridized carbons (Fsp3) is 0.0952. The lowest BCUT2D eigenvalue weighted by Gasteiger charge is -2.12. The first kappa shape index (κ1) is 17.0. The first-order chi connectivity index (χ1) is 12.7. The molecule has 0 radical (unpaired) electrons. The summed E-state index contributed by atoms with van der Waals surface area (Å²) in [4.78, 5) is 4.78. The Kier molecular flexibility index (Phi) is 4.83. The lowest BCUT2D eigenvalue weighted by atomic mass is 10.2. The molecule has 5 heteroatoms. The van der Waals surface area contributed by atoms with Crippen LogP contribution in [0.1, 0.15) is 0 Å². The van der Waals surface area contributed by atoms with Crippen molar-refractivity contribution in [3.63, 3.8) is 0 Å². The van der Waals surface area contributed by atoms with Gasteiger partial charge in [-0.1, -0.05) is 59.6 Å². The molecule has 0 amide bonds. The van der Waals surface area contributed by atoms with Gasteiger partial charge in [0, 0.05) is 5.56 Å². The van der Waals surface area contributed by atoms with Crippen molar-refractivity contribution >= 4 is 34.2 Å². The second-order valence-corrected chi connectivity index (χ2v) is 6.65. The normalized spacial score (nSPS) is 11.0. The maximum absolute atomic E-state index is 6.41. The van der Waals surface area contributed by atoms with Crippen LogP contribution in [0.3, 0.4) is 0 Å². The highest BCUT2D eigenvalue weighted by atomic mass is 35.5.